The molecule has 4 rings (SSSR count). The summed E-state index contributed by atoms with van der Waals surface area (Å²) in [6.45, 7) is 5.96. The predicted molar refractivity (Wildman–Crippen MR) is 116 cm³/mol. The summed E-state index contributed by atoms with van der Waals surface area (Å²) in [4.78, 5) is 27.7. The van der Waals surface area contributed by atoms with Crippen molar-refractivity contribution < 1.29 is 4.79 Å². The molecule has 3 aromatic rings. The van der Waals surface area contributed by atoms with Crippen molar-refractivity contribution in [3.05, 3.63) is 64.4 Å². The zero-order chi connectivity index (χ0) is 20.4. The van der Waals surface area contributed by atoms with Crippen molar-refractivity contribution in [1.82, 2.24) is 9.78 Å². The second-order valence-corrected chi connectivity index (χ2v) is 7.92. The van der Waals surface area contributed by atoms with Gasteiger partial charge in [0, 0.05) is 24.2 Å². The van der Waals surface area contributed by atoms with Crippen molar-refractivity contribution in [2.24, 2.45) is 5.92 Å². The Labute approximate surface area is 170 Å². The van der Waals surface area contributed by atoms with Gasteiger partial charge in [0.05, 0.1) is 5.39 Å². The molecule has 150 valence electrons. The molecule has 2 heterocycles. The average Bonchev–Trinajstić information content (AvgIpc) is 2.73. The Bertz CT molecular complexity index is 1080. The number of benzene rings is 2. The van der Waals surface area contributed by atoms with Gasteiger partial charge in [-0.05, 0) is 43.9 Å². The van der Waals surface area contributed by atoms with Gasteiger partial charge in [-0.2, -0.15) is 5.10 Å². The number of carbonyl (C=O) groups excluding carboxylic acids is 1. The molecule has 1 aliphatic heterocycles. The molecule has 29 heavy (non-hydrogen) atoms. The lowest BCUT2D eigenvalue weighted by Crippen LogP contribution is -2.37. The highest BCUT2D eigenvalue weighted by Crippen LogP contribution is 2.26. The number of nitrogens with one attached hydrogen (secondary N) is 1. The molecular formula is C23H26N4O2. The maximum atomic E-state index is 13.0. The summed E-state index contributed by atoms with van der Waals surface area (Å²) >= 11 is 0. The van der Waals surface area contributed by atoms with E-state index in [-0.39, 0.29) is 18.0 Å². The molecule has 6 nitrogen and oxygen atoms in total. The summed E-state index contributed by atoms with van der Waals surface area (Å²) in [6, 6.07) is 15.1. The minimum atomic E-state index is -0.267. The second kappa shape index (κ2) is 8.07. The highest BCUT2D eigenvalue weighted by atomic mass is 16.2. The first-order valence-electron chi connectivity index (χ1n) is 10.1. The molecule has 0 unspecified atom stereocenters. The molecule has 0 atom stereocenters. The fourth-order valence-electron chi connectivity index (χ4n) is 3.75. The van der Waals surface area contributed by atoms with Gasteiger partial charge in [0.2, 0.25) is 5.91 Å². The fraction of sp³-hybridized carbons (Fsp3) is 0.348. The first-order chi connectivity index (χ1) is 14.0. The zero-order valence-electron chi connectivity index (χ0n) is 16.9. The van der Waals surface area contributed by atoms with Crippen molar-refractivity contribution in [3.8, 4) is 0 Å². The van der Waals surface area contributed by atoms with Crippen LogP contribution in [0.3, 0.4) is 0 Å². The number of aromatic nitrogens is 2. The van der Waals surface area contributed by atoms with E-state index in [4.69, 9.17) is 0 Å². The number of fused-ring (bicyclic) bond motifs is 1. The van der Waals surface area contributed by atoms with Crippen molar-refractivity contribution in [1.29, 1.82) is 0 Å². The highest BCUT2D eigenvalue weighted by Gasteiger charge is 2.21. The Balaban J connectivity index is 1.65. The van der Waals surface area contributed by atoms with Gasteiger partial charge in [0.1, 0.15) is 6.54 Å². The maximum absolute atomic E-state index is 13.0. The number of amides is 1. The highest BCUT2D eigenvalue weighted by molar-refractivity contribution is 5.93. The third-order valence-corrected chi connectivity index (χ3v) is 5.56. The van der Waals surface area contributed by atoms with Crippen LogP contribution in [0.2, 0.25) is 0 Å². The van der Waals surface area contributed by atoms with Crippen LogP contribution in [-0.2, 0) is 11.3 Å². The molecule has 0 saturated carbocycles. The number of nitrogens with zero attached hydrogens (tertiary/aromatic N) is 3. The van der Waals surface area contributed by atoms with Gasteiger partial charge in [0.15, 0.2) is 5.82 Å². The number of aryl methyl sites for hydroxylation is 1. The standard InChI is InChI=1S/C23H26N4O2/c1-16-7-9-18(10-8-16)24-21(28)15-27-23(29)20-6-4-3-5-19(20)22(25-27)26-13-11-17(2)12-14-26/h3-10,17H,11-15H2,1-2H3,(H,24,28). The molecule has 0 bridgehead atoms. The molecule has 0 spiro atoms. The van der Waals surface area contributed by atoms with Gasteiger partial charge in [-0.3, -0.25) is 9.59 Å². The SMILES string of the molecule is Cc1ccc(NC(=O)Cn2nc(N3CCC(C)CC3)c3ccccc3c2=O)cc1. The molecular weight excluding hydrogens is 364 g/mol. The van der Waals surface area contributed by atoms with Crippen LogP contribution in [0.15, 0.2) is 53.3 Å². The third kappa shape index (κ3) is 4.16. The Hall–Kier alpha value is -3.15. The molecule has 1 saturated heterocycles. The molecule has 1 aromatic heterocycles. The maximum Gasteiger partial charge on any atom is 0.275 e. The van der Waals surface area contributed by atoms with Gasteiger partial charge in [-0.1, -0.05) is 42.8 Å². The van der Waals surface area contributed by atoms with Crippen molar-refractivity contribution >= 4 is 28.2 Å². The molecule has 1 N–H and O–H groups in total. The Morgan fingerprint density at radius 3 is 2.41 bits per heavy atom. The van der Waals surface area contributed by atoms with Crippen LogP contribution < -0.4 is 15.8 Å². The molecule has 1 amide bonds. The summed E-state index contributed by atoms with van der Waals surface area (Å²) < 4.78 is 1.29. The lowest BCUT2D eigenvalue weighted by molar-refractivity contribution is -0.117. The van der Waals surface area contributed by atoms with E-state index in [1.165, 1.54) is 4.68 Å². The lowest BCUT2D eigenvalue weighted by atomic mass is 9.99. The Kier molecular flexibility index (Phi) is 5.34. The van der Waals surface area contributed by atoms with E-state index >= 15 is 0 Å². The molecule has 0 radical (unpaired) electrons. The summed E-state index contributed by atoms with van der Waals surface area (Å²) in [6.07, 6.45) is 2.20. The normalized spacial score (nSPS) is 14.9. The topological polar surface area (TPSA) is 67.2 Å². The Morgan fingerprint density at radius 1 is 1.07 bits per heavy atom. The first-order valence-corrected chi connectivity index (χ1v) is 10.1. The Morgan fingerprint density at radius 2 is 1.72 bits per heavy atom. The second-order valence-electron chi connectivity index (χ2n) is 7.92. The van der Waals surface area contributed by atoms with Crippen LogP contribution in [0.25, 0.3) is 10.8 Å². The molecule has 1 aliphatic rings. The molecule has 0 aliphatic carbocycles. The van der Waals surface area contributed by atoms with E-state index < -0.39 is 0 Å². The third-order valence-electron chi connectivity index (χ3n) is 5.56. The predicted octanol–water partition coefficient (Wildman–Crippen LogP) is 3.58. The van der Waals surface area contributed by atoms with E-state index in [1.807, 2.05) is 55.5 Å². The van der Waals surface area contributed by atoms with Crippen LogP contribution in [-0.4, -0.2) is 28.8 Å². The van der Waals surface area contributed by atoms with Crippen LogP contribution >= 0.6 is 0 Å². The summed E-state index contributed by atoms with van der Waals surface area (Å²) in [7, 11) is 0. The van der Waals surface area contributed by atoms with E-state index in [0.717, 1.165) is 42.7 Å². The van der Waals surface area contributed by atoms with Gasteiger partial charge in [-0.25, -0.2) is 4.68 Å². The zero-order valence-corrected chi connectivity index (χ0v) is 16.9. The van der Waals surface area contributed by atoms with Crippen molar-refractivity contribution in [2.75, 3.05) is 23.3 Å². The molecule has 1 fully saturated rings. The number of hydrogen-bond acceptors (Lipinski definition) is 4. The summed E-state index contributed by atoms with van der Waals surface area (Å²) in [5.74, 6) is 1.22. The number of hydrogen-bond donors (Lipinski definition) is 1. The van der Waals surface area contributed by atoms with Gasteiger partial charge < -0.3 is 10.2 Å². The minimum absolute atomic E-state index is 0.116. The first kappa shape index (κ1) is 19.2. The lowest BCUT2D eigenvalue weighted by Gasteiger charge is -2.32. The van der Waals surface area contributed by atoms with Crippen molar-refractivity contribution in [2.45, 2.75) is 33.2 Å². The van der Waals surface area contributed by atoms with Crippen molar-refractivity contribution in [3.63, 3.8) is 0 Å². The summed E-state index contributed by atoms with van der Waals surface area (Å²) in [5, 5.41) is 8.91. The number of carbonyl (C=O) groups is 1. The average molecular weight is 390 g/mol. The van der Waals surface area contributed by atoms with Crippen LogP contribution in [0.4, 0.5) is 11.5 Å². The fourth-order valence-corrected chi connectivity index (χ4v) is 3.75. The van der Waals surface area contributed by atoms with E-state index in [0.29, 0.717) is 17.0 Å². The van der Waals surface area contributed by atoms with Gasteiger partial charge >= 0.3 is 0 Å². The molecule has 6 heteroatoms. The minimum Gasteiger partial charge on any atom is -0.355 e. The largest absolute Gasteiger partial charge is 0.355 e. The van der Waals surface area contributed by atoms with E-state index in [9.17, 15) is 9.59 Å². The van der Waals surface area contributed by atoms with Crippen LogP contribution in [0, 0.1) is 12.8 Å². The van der Waals surface area contributed by atoms with Crippen LogP contribution in [0.5, 0.6) is 0 Å². The number of anilines is 2. The van der Waals surface area contributed by atoms with Crippen LogP contribution in [0.1, 0.15) is 25.3 Å². The number of rotatable bonds is 4. The summed E-state index contributed by atoms with van der Waals surface area (Å²) in [5.41, 5.74) is 1.59. The van der Waals surface area contributed by atoms with Gasteiger partial charge in [0.25, 0.3) is 5.56 Å². The number of piperidine rings is 1. The smallest absolute Gasteiger partial charge is 0.275 e. The monoisotopic (exact) mass is 390 g/mol. The van der Waals surface area contributed by atoms with Gasteiger partial charge in [-0.15, -0.1) is 0 Å². The van der Waals surface area contributed by atoms with E-state index in [1.54, 1.807) is 0 Å². The quantitative estimate of drug-likeness (QED) is 0.739. The van der Waals surface area contributed by atoms with E-state index in [2.05, 4.69) is 22.2 Å². The molecule has 2 aromatic carbocycles.